The molecule has 0 aliphatic heterocycles. The molecular formula is C18H15N5O2. The zero-order valence-corrected chi connectivity index (χ0v) is 13.7. The lowest BCUT2D eigenvalue weighted by atomic mass is 10.2. The number of anilines is 1. The number of pyridine rings is 1. The Morgan fingerprint density at radius 2 is 2.08 bits per heavy atom. The number of rotatable bonds is 3. The molecule has 25 heavy (non-hydrogen) atoms. The van der Waals surface area contributed by atoms with E-state index < -0.39 is 0 Å². The molecule has 4 aromatic rings. The second kappa shape index (κ2) is 5.86. The Labute approximate surface area is 143 Å². The number of fused-ring (bicyclic) bond motifs is 1. The molecule has 0 saturated carbocycles. The molecule has 4 heterocycles. The summed E-state index contributed by atoms with van der Waals surface area (Å²) >= 11 is 0. The molecular weight excluding hydrogens is 318 g/mol. The van der Waals surface area contributed by atoms with Gasteiger partial charge in [0.25, 0.3) is 5.91 Å². The Hall–Kier alpha value is -3.48. The minimum atomic E-state index is -0.278. The first-order valence-corrected chi connectivity index (χ1v) is 7.75. The van der Waals surface area contributed by atoms with Crippen LogP contribution >= 0.6 is 0 Å². The molecule has 0 radical (unpaired) electrons. The third-order valence-electron chi connectivity index (χ3n) is 3.82. The van der Waals surface area contributed by atoms with Gasteiger partial charge in [0.05, 0.1) is 24.3 Å². The summed E-state index contributed by atoms with van der Waals surface area (Å²) in [7, 11) is 0. The summed E-state index contributed by atoms with van der Waals surface area (Å²) in [5.74, 6) is 0.399. The van der Waals surface area contributed by atoms with Gasteiger partial charge in [0.2, 0.25) is 0 Å². The number of furan rings is 1. The van der Waals surface area contributed by atoms with Gasteiger partial charge < -0.3 is 9.73 Å². The molecule has 0 bridgehead atoms. The average molecular weight is 333 g/mol. The topological polar surface area (TPSA) is 85.3 Å². The lowest BCUT2D eigenvalue weighted by Crippen LogP contribution is -2.12. The van der Waals surface area contributed by atoms with Crippen LogP contribution in [0, 0.1) is 13.8 Å². The zero-order chi connectivity index (χ0) is 17.4. The molecule has 7 nitrogen and oxygen atoms in total. The van der Waals surface area contributed by atoms with Crippen molar-refractivity contribution < 1.29 is 9.21 Å². The molecule has 1 amide bonds. The van der Waals surface area contributed by atoms with Crippen molar-refractivity contribution in [2.45, 2.75) is 13.8 Å². The van der Waals surface area contributed by atoms with Gasteiger partial charge >= 0.3 is 0 Å². The Morgan fingerprint density at radius 1 is 1.20 bits per heavy atom. The fourth-order valence-corrected chi connectivity index (χ4v) is 2.67. The van der Waals surface area contributed by atoms with Crippen LogP contribution < -0.4 is 5.32 Å². The first kappa shape index (κ1) is 15.1. The summed E-state index contributed by atoms with van der Waals surface area (Å²) in [5, 5.41) is 7.06. The first-order chi connectivity index (χ1) is 12.1. The van der Waals surface area contributed by atoms with Crippen molar-refractivity contribution in [2.24, 2.45) is 0 Å². The molecule has 124 valence electrons. The van der Waals surface area contributed by atoms with Crippen molar-refractivity contribution in [3.05, 3.63) is 65.9 Å². The van der Waals surface area contributed by atoms with Gasteiger partial charge in [-0.3, -0.25) is 9.78 Å². The van der Waals surface area contributed by atoms with E-state index in [0.717, 1.165) is 11.4 Å². The number of hydrogen-bond donors (Lipinski definition) is 1. The first-order valence-electron chi connectivity index (χ1n) is 7.75. The zero-order valence-electron chi connectivity index (χ0n) is 13.7. The van der Waals surface area contributed by atoms with Crippen molar-refractivity contribution in [2.75, 3.05) is 5.32 Å². The molecule has 7 heteroatoms. The normalized spacial score (nSPS) is 11.0. The van der Waals surface area contributed by atoms with E-state index in [-0.39, 0.29) is 5.91 Å². The molecule has 0 aliphatic carbocycles. The standard InChI is InChI=1S/C18H15N5O2/c1-11-8-12(2)23-17(21-11)14(10-20-23)18(24)22-13-5-6-15(19-9-13)16-4-3-7-25-16/h3-10H,1-2H3,(H,22,24). The Balaban J connectivity index is 1.60. The molecule has 0 saturated heterocycles. The summed E-state index contributed by atoms with van der Waals surface area (Å²) < 4.78 is 6.95. The molecule has 0 fully saturated rings. The van der Waals surface area contributed by atoms with E-state index in [0.29, 0.717) is 28.4 Å². The number of aromatic nitrogens is 4. The summed E-state index contributed by atoms with van der Waals surface area (Å²) in [6.07, 6.45) is 4.70. The van der Waals surface area contributed by atoms with E-state index in [2.05, 4.69) is 20.4 Å². The Morgan fingerprint density at radius 3 is 2.80 bits per heavy atom. The molecule has 0 spiro atoms. The fourth-order valence-electron chi connectivity index (χ4n) is 2.67. The number of amides is 1. The SMILES string of the molecule is Cc1cc(C)n2ncc(C(=O)Nc3ccc(-c4ccco4)nc3)c2n1. The maximum atomic E-state index is 12.6. The summed E-state index contributed by atoms with van der Waals surface area (Å²) in [6, 6.07) is 9.11. The van der Waals surface area contributed by atoms with Crippen LogP contribution in [0.1, 0.15) is 21.7 Å². The minimum absolute atomic E-state index is 0.278. The van der Waals surface area contributed by atoms with E-state index in [1.165, 1.54) is 6.20 Å². The summed E-state index contributed by atoms with van der Waals surface area (Å²) in [4.78, 5) is 21.3. The van der Waals surface area contributed by atoms with Crippen LogP contribution in [0.3, 0.4) is 0 Å². The quantitative estimate of drug-likeness (QED) is 0.622. The van der Waals surface area contributed by atoms with Gasteiger partial charge in [0.15, 0.2) is 11.4 Å². The lowest BCUT2D eigenvalue weighted by molar-refractivity contribution is 0.102. The van der Waals surface area contributed by atoms with E-state index in [4.69, 9.17) is 4.42 Å². The third-order valence-corrected chi connectivity index (χ3v) is 3.82. The maximum Gasteiger partial charge on any atom is 0.261 e. The number of nitrogens with zero attached hydrogens (tertiary/aromatic N) is 4. The second-order valence-corrected chi connectivity index (χ2v) is 5.70. The third kappa shape index (κ3) is 2.76. The highest BCUT2D eigenvalue weighted by atomic mass is 16.3. The van der Waals surface area contributed by atoms with E-state index in [9.17, 15) is 4.79 Å². The molecule has 4 aromatic heterocycles. The predicted molar refractivity (Wildman–Crippen MR) is 92.4 cm³/mol. The highest BCUT2D eigenvalue weighted by Gasteiger charge is 2.16. The smallest absolute Gasteiger partial charge is 0.261 e. The maximum absolute atomic E-state index is 12.6. The minimum Gasteiger partial charge on any atom is -0.463 e. The fraction of sp³-hybridized carbons (Fsp3) is 0.111. The molecule has 0 atom stereocenters. The van der Waals surface area contributed by atoms with Crippen LogP contribution in [0.2, 0.25) is 0 Å². The van der Waals surface area contributed by atoms with E-state index in [1.54, 1.807) is 35.2 Å². The number of carbonyl (C=O) groups is 1. The monoisotopic (exact) mass is 333 g/mol. The van der Waals surface area contributed by atoms with Gasteiger partial charge in [-0.05, 0) is 44.2 Å². The highest BCUT2D eigenvalue weighted by molar-refractivity contribution is 6.08. The Bertz CT molecular complexity index is 1050. The highest BCUT2D eigenvalue weighted by Crippen LogP contribution is 2.19. The van der Waals surface area contributed by atoms with Crippen LogP contribution in [0.4, 0.5) is 5.69 Å². The van der Waals surface area contributed by atoms with Crippen molar-refractivity contribution in [1.82, 2.24) is 19.6 Å². The summed E-state index contributed by atoms with van der Waals surface area (Å²) in [5.41, 5.74) is 4.00. The molecule has 0 aromatic carbocycles. The van der Waals surface area contributed by atoms with Gasteiger partial charge in [0, 0.05) is 11.4 Å². The second-order valence-electron chi connectivity index (χ2n) is 5.70. The van der Waals surface area contributed by atoms with Crippen LogP contribution in [-0.4, -0.2) is 25.5 Å². The number of hydrogen-bond acceptors (Lipinski definition) is 5. The average Bonchev–Trinajstić information content (AvgIpc) is 3.25. The molecule has 1 N–H and O–H groups in total. The van der Waals surface area contributed by atoms with E-state index in [1.807, 2.05) is 26.0 Å². The van der Waals surface area contributed by atoms with Gasteiger partial charge in [-0.25, -0.2) is 9.50 Å². The van der Waals surface area contributed by atoms with Crippen molar-refractivity contribution in [1.29, 1.82) is 0 Å². The number of carbonyl (C=O) groups excluding carboxylic acids is 1. The molecule has 0 aliphatic rings. The van der Waals surface area contributed by atoms with E-state index >= 15 is 0 Å². The van der Waals surface area contributed by atoms with Gasteiger partial charge in [-0.1, -0.05) is 0 Å². The molecule has 4 rings (SSSR count). The van der Waals surface area contributed by atoms with Crippen LogP contribution in [0.15, 0.2) is 53.4 Å². The largest absolute Gasteiger partial charge is 0.463 e. The molecule has 0 unspecified atom stereocenters. The van der Waals surface area contributed by atoms with Crippen molar-refractivity contribution in [3.63, 3.8) is 0 Å². The van der Waals surface area contributed by atoms with Crippen LogP contribution in [-0.2, 0) is 0 Å². The predicted octanol–water partition coefficient (Wildman–Crippen LogP) is 3.25. The van der Waals surface area contributed by atoms with Crippen LogP contribution in [0.5, 0.6) is 0 Å². The van der Waals surface area contributed by atoms with Crippen molar-refractivity contribution in [3.8, 4) is 11.5 Å². The Kier molecular flexibility index (Phi) is 3.53. The summed E-state index contributed by atoms with van der Waals surface area (Å²) in [6.45, 7) is 3.81. The van der Waals surface area contributed by atoms with Gasteiger partial charge in [-0.2, -0.15) is 5.10 Å². The lowest BCUT2D eigenvalue weighted by Gasteiger charge is -2.05. The van der Waals surface area contributed by atoms with Gasteiger partial charge in [0.1, 0.15) is 11.3 Å². The number of nitrogens with one attached hydrogen (secondary N) is 1. The van der Waals surface area contributed by atoms with Crippen molar-refractivity contribution >= 4 is 17.2 Å². The van der Waals surface area contributed by atoms with Crippen LogP contribution in [0.25, 0.3) is 17.1 Å². The van der Waals surface area contributed by atoms with Gasteiger partial charge in [-0.15, -0.1) is 0 Å². The number of aryl methyl sites for hydroxylation is 2.